The molecule has 0 saturated carbocycles. The highest BCUT2D eigenvalue weighted by molar-refractivity contribution is 7.98. The maximum atomic E-state index is 13.2. The molecule has 0 spiro atoms. The van der Waals surface area contributed by atoms with E-state index in [0.717, 1.165) is 4.31 Å². The van der Waals surface area contributed by atoms with Crippen molar-refractivity contribution in [2.45, 2.75) is 16.9 Å². The van der Waals surface area contributed by atoms with E-state index in [1.54, 1.807) is 10.8 Å². The first-order valence-corrected chi connectivity index (χ1v) is 11.0. The van der Waals surface area contributed by atoms with E-state index in [4.69, 9.17) is 9.15 Å². The predicted octanol–water partition coefficient (Wildman–Crippen LogP) is 2.93. The lowest BCUT2D eigenvalue weighted by Gasteiger charge is -2.10. The van der Waals surface area contributed by atoms with Crippen LogP contribution in [0.3, 0.4) is 0 Å². The number of benzene rings is 1. The van der Waals surface area contributed by atoms with Crippen molar-refractivity contribution in [3.8, 4) is 5.69 Å². The Bertz CT molecular complexity index is 1120. The molecule has 1 aromatic carbocycles. The van der Waals surface area contributed by atoms with E-state index in [-0.39, 0.29) is 23.2 Å². The van der Waals surface area contributed by atoms with Crippen LogP contribution in [0, 0.1) is 5.82 Å². The Morgan fingerprint density at radius 1 is 1.24 bits per heavy atom. The summed E-state index contributed by atoms with van der Waals surface area (Å²) < 4.78 is 50.4. The molecule has 0 aliphatic rings. The molecule has 0 saturated heterocycles. The second-order valence-corrected chi connectivity index (χ2v) is 8.88. The number of halogens is 1. The number of imidazole rings is 1. The van der Waals surface area contributed by atoms with Gasteiger partial charge in [0.05, 0.1) is 6.20 Å². The van der Waals surface area contributed by atoms with Gasteiger partial charge in [-0.3, -0.25) is 4.57 Å². The van der Waals surface area contributed by atoms with Gasteiger partial charge in [-0.05, 0) is 42.7 Å². The Kier molecular flexibility index (Phi) is 6.10. The van der Waals surface area contributed by atoms with Crippen molar-refractivity contribution in [1.29, 1.82) is 0 Å². The first kappa shape index (κ1) is 21.1. The lowest BCUT2D eigenvalue weighted by Crippen LogP contribution is -2.21. The molecule has 3 aromatic rings. The maximum Gasteiger partial charge on any atom is 0.357 e. The molecule has 2 aromatic heterocycles. The average Bonchev–Trinajstić information content (AvgIpc) is 3.34. The van der Waals surface area contributed by atoms with Crippen molar-refractivity contribution in [2.24, 2.45) is 0 Å². The third kappa shape index (κ3) is 4.36. The van der Waals surface area contributed by atoms with Gasteiger partial charge in [0.25, 0.3) is 10.0 Å². The van der Waals surface area contributed by atoms with Crippen molar-refractivity contribution in [2.75, 3.05) is 20.4 Å². The molecule has 29 heavy (non-hydrogen) atoms. The third-order valence-electron chi connectivity index (χ3n) is 3.92. The Hall–Kier alpha value is -2.63. The fraction of sp³-hybridized carbons (Fsp3) is 0.222. The van der Waals surface area contributed by atoms with Gasteiger partial charge >= 0.3 is 5.97 Å². The van der Waals surface area contributed by atoms with Gasteiger partial charge in [0.1, 0.15) is 18.2 Å². The van der Waals surface area contributed by atoms with Crippen LogP contribution in [-0.2, 0) is 21.4 Å². The molecule has 8 nitrogen and oxygen atoms in total. The van der Waals surface area contributed by atoms with Gasteiger partial charge in [-0.15, -0.1) is 0 Å². The summed E-state index contributed by atoms with van der Waals surface area (Å²) in [5.41, 5.74) is 0.700. The molecule has 11 heteroatoms. The van der Waals surface area contributed by atoms with E-state index >= 15 is 0 Å². The minimum absolute atomic E-state index is 0.147. The molecule has 0 aliphatic carbocycles. The van der Waals surface area contributed by atoms with Crippen LogP contribution in [0.25, 0.3) is 5.69 Å². The number of esters is 1. The van der Waals surface area contributed by atoms with Crippen LogP contribution in [0.15, 0.2) is 57.3 Å². The first-order valence-electron chi connectivity index (χ1n) is 8.30. The monoisotopic (exact) mass is 439 g/mol. The Balaban J connectivity index is 1.80. The zero-order valence-electron chi connectivity index (χ0n) is 15.8. The minimum atomic E-state index is -3.71. The van der Waals surface area contributed by atoms with E-state index in [2.05, 4.69) is 4.98 Å². The topological polar surface area (TPSA) is 94.6 Å². The lowest BCUT2D eigenvalue weighted by atomic mass is 10.3. The maximum absolute atomic E-state index is 13.2. The van der Waals surface area contributed by atoms with Crippen LogP contribution in [0.5, 0.6) is 0 Å². The average molecular weight is 439 g/mol. The number of aromatic nitrogens is 2. The summed E-state index contributed by atoms with van der Waals surface area (Å²) in [6, 6.07) is 8.34. The number of thioether (sulfide) groups is 1. The first-order chi connectivity index (χ1) is 13.7. The Labute approximate surface area is 171 Å². The van der Waals surface area contributed by atoms with Crippen molar-refractivity contribution < 1.29 is 26.8 Å². The number of sulfonamides is 1. The summed E-state index contributed by atoms with van der Waals surface area (Å²) in [4.78, 5) is 16.8. The van der Waals surface area contributed by atoms with Crippen LogP contribution in [-0.4, -0.2) is 48.6 Å². The van der Waals surface area contributed by atoms with Crippen LogP contribution in [0.2, 0.25) is 0 Å². The molecule has 3 rings (SSSR count). The number of furan rings is 1. The molecule has 154 valence electrons. The zero-order valence-corrected chi connectivity index (χ0v) is 17.5. The van der Waals surface area contributed by atoms with Gasteiger partial charge in [-0.2, -0.15) is 0 Å². The second kappa shape index (κ2) is 8.39. The highest BCUT2D eigenvalue weighted by atomic mass is 32.2. The normalized spacial score (nSPS) is 11.8. The molecule has 0 bridgehead atoms. The molecule has 0 atom stereocenters. The number of ether oxygens (including phenoxy) is 1. The van der Waals surface area contributed by atoms with Gasteiger partial charge in [-0.1, -0.05) is 11.8 Å². The summed E-state index contributed by atoms with van der Waals surface area (Å²) >= 11 is 1.32. The number of hydrogen-bond donors (Lipinski definition) is 0. The molecule has 0 amide bonds. The van der Waals surface area contributed by atoms with Gasteiger partial charge in [0.15, 0.2) is 10.9 Å². The van der Waals surface area contributed by atoms with Crippen molar-refractivity contribution in [3.05, 3.63) is 59.9 Å². The van der Waals surface area contributed by atoms with E-state index < -0.39 is 21.8 Å². The number of nitrogens with zero attached hydrogens (tertiary/aromatic N) is 3. The quantitative estimate of drug-likeness (QED) is 0.413. The Morgan fingerprint density at radius 2 is 1.93 bits per heavy atom. The van der Waals surface area contributed by atoms with Crippen LogP contribution >= 0.6 is 11.8 Å². The molecule has 2 heterocycles. The summed E-state index contributed by atoms with van der Waals surface area (Å²) in [7, 11) is -0.942. The van der Waals surface area contributed by atoms with E-state index in [1.807, 2.05) is 0 Å². The van der Waals surface area contributed by atoms with Gasteiger partial charge < -0.3 is 9.15 Å². The highest BCUT2D eigenvalue weighted by Crippen LogP contribution is 2.23. The molecular formula is C18H18FN3O5S2. The molecule has 0 N–H and O–H groups in total. The molecular weight excluding hydrogens is 421 g/mol. The zero-order chi connectivity index (χ0) is 21.2. The largest absolute Gasteiger partial charge is 0.453 e. The van der Waals surface area contributed by atoms with Crippen LogP contribution in [0.4, 0.5) is 4.39 Å². The molecule has 0 aliphatic heterocycles. The van der Waals surface area contributed by atoms with Crippen LogP contribution < -0.4 is 0 Å². The fourth-order valence-electron chi connectivity index (χ4n) is 2.43. The van der Waals surface area contributed by atoms with Crippen LogP contribution in [0.1, 0.15) is 16.2 Å². The highest BCUT2D eigenvalue weighted by Gasteiger charge is 2.23. The number of rotatable bonds is 7. The van der Waals surface area contributed by atoms with E-state index in [1.165, 1.54) is 68.5 Å². The van der Waals surface area contributed by atoms with Gasteiger partial charge in [-0.25, -0.2) is 26.9 Å². The standard InChI is InChI=1S/C18H18FN3O5S2/c1-21(2)29(24,25)16-9-8-14(27-16)11-26-17(23)15-10-20-18(28-3)22(15)13-6-4-12(19)5-7-13/h4-10H,11H2,1-3H3. The van der Waals surface area contributed by atoms with Crippen molar-refractivity contribution >= 4 is 27.8 Å². The Morgan fingerprint density at radius 3 is 2.55 bits per heavy atom. The minimum Gasteiger partial charge on any atom is -0.453 e. The van der Waals surface area contributed by atoms with Gasteiger partial charge in [0.2, 0.25) is 5.09 Å². The smallest absolute Gasteiger partial charge is 0.357 e. The van der Waals surface area contributed by atoms with Gasteiger partial charge in [0, 0.05) is 19.8 Å². The molecule has 0 radical (unpaired) electrons. The summed E-state index contributed by atoms with van der Waals surface area (Å²) in [6.07, 6.45) is 3.16. The summed E-state index contributed by atoms with van der Waals surface area (Å²) in [5, 5.41) is 0.287. The molecule has 0 fully saturated rings. The van der Waals surface area contributed by atoms with E-state index in [9.17, 15) is 17.6 Å². The second-order valence-electron chi connectivity index (χ2n) is 6.03. The predicted molar refractivity (Wildman–Crippen MR) is 104 cm³/mol. The molecule has 0 unspecified atom stereocenters. The van der Waals surface area contributed by atoms with Crippen molar-refractivity contribution in [3.63, 3.8) is 0 Å². The fourth-order valence-corrected chi connectivity index (χ4v) is 3.78. The number of carbonyl (C=O) groups excluding carboxylic acids is 1. The van der Waals surface area contributed by atoms with E-state index in [0.29, 0.717) is 10.8 Å². The third-order valence-corrected chi connectivity index (χ3v) is 6.27. The summed E-state index contributed by atoms with van der Waals surface area (Å²) in [5.74, 6) is -0.905. The van der Waals surface area contributed by atoms with Crippen molar-refractivity contribution in [1.82, 2.24) is 13.9 Å². The SMILES string of the molecule is CSc1ncc(C(=O)OCc2ccc(S(=O)(=O)N(C)C)o2)n1-c1ccc(F)cc1. The summed E-state index contributed by atoms with van der Waals surface area (Å²) in [6.45, 7) is -0.259. The lowest BCUT2D eigenvalue weighted by molar-refractivity contribution is 0.0430. The number of carbonyl (C=O) groups is 1. The number of hydrogen-bond acceptors (Lipinski definition) is 7.